The molecule has 2 rings (SSSR count). The third-order valence-electron chi connectivity index (χ3n) is 3.14. The number of nitrogens with one attached hydrogen (secondary N) is 1. The van der Waals surface area contributed by atoms with Crippen molar-refractivity contribution in [2.45, 2.75) is 36.9 Å². The summed E-state index contributed by atoms with van der Waals surface area (Å²) in [7, 11) is -3.49. The van der Waals surface area contributed by atoms with Gasteiger partial charge in [0.1, 0.15) is 4.21 Å². The summed E-state index contributed by atoms with van der Waals surface area (Å²) in [6.45, 7) is 5.76. The molecule has 0 aliphatic rings. The predicted molar refractivity (Wildman–Crippen MR) is 83.5 cm³/mol. The maximum Gasteiger partial charge on any atom is 0.250 e. The van der Waals surface area contributed by atoms with E-state index >= 15 is 0 Å². The van der Waals surface area contributed by atoms with Crippen LogP contribution in [0.15, 0.2) is 46.7 Å². The molecule has 1 heterocycles. The molecule has 0 bridgehead atoms. The first kappa shape index (κ1) is 15.2. The van der Waals surface area contributed by atoms with E-state index < -0.39 is 15.6 Å². The van der Waals surface area contributed by atoms with Gasteiger partial charge in [0, 0.05) is 4.88 Å². The van der Waals surface area contributed by atoms with Crippen LogP contribution < -0.4 is 4.72 Å². The Labute approximate surface area is 124 Å². The first-order chi connectivity index (χ1) is 9.35. The molecule has 0 atom stereocenters. The standard InChI is InChI=1S/C15H19NO2S2/c1-4-13-10-11-14(19-13)20(17,18)16-15(2,3)12-8-6-5-7-9-12/h5-11,16H,4H2,1-3H3. The van der Waals surface area contributed by atoms with Crippen LogP contribution in [0.3, 0.4) is 0 Å². The van der Waals surface area contributed by atoms with Crippen LogP contribution in [0.25, 0.3) is 0 Å². The van der Waals surface area contributed by atoms with Gasteiger partial charge in [-0.05, 0) is 38.0 Å². The van der Waals surface area contributed by atoms with Crippen LogP contribution >= 0.6 is 11.3 Å². The Bertz CT molecular complexity index is 673. The average molecular weight is 309 g/mol. The van der Waals surface area contributed by atoms with Gasteiger partial charge in [-0.25, -0.2) is 13.1 Å². The highest BCUT2D eigenvalue weighted by molar-refractivity contribution is 7.91. The zero-order valence-corrected chi connectivity index (χ0v) is 13.5. The van der Waals surface area contributed by atoms with Gasteiger partial charge in [0.15, 0.2) is 0 Å². The molecule has 2 aromatic rings. The van der Waals surface area contributed by atoms with Crippen molar-refractivity contribution in [3.8, 4) is 0 Å². The summed E-state index contributed by atoms with van der Waals surface area (Å²) in [6.07, 6.45) is 0.849. The summed E-state index contributed by atoms with van der Waals surface area (Å²) in [4.78, 5) is 1.07. The molecule has 0 unspecified atom stereocenters. The summed E-state index contributed by atoms with van der Waals surface area (Å²) in [5, 5.41) is 0. The van der Waals surface area contributed by atoms with Crippen molar-refractivity contribution in [3.63, 3.8) is 0 Å². The van der Waals surface area contributed by atoms with Crippen molar-refractivity contribution in [2.75, 3.05) is 0 Å². The Balaban J connectivity index is 2.28. The second-order valence-electron chi connectivity index (χ2n) is 5.17. The van der Waals surface area contributed by atoms with E-state index in [1.165, 1.54) is 11.3 Å². The molecule has 0 aliphatic carbocycles. The minimum atomic E-state index is -3.49. The number of rotatable bonds is 5. The largest absolute Gasteiger partial charge is 0.250 e. The Hall–Kier alpha value is -1.17. The summed E-state index contributed by atoms with van der Waals surface area (Å²) < 4.78 is 28.1. The van der Waals surface area contributed by atoms with E-state index in [1.807, 2.05) is 57.2 Å². The monoisotopic (exact) mass is 309 g/mol. The lowest BCUT2D eigenvalue weighted by Gasteiger charge is -2.26. The Morgan fingerprint density at radius 2 is 1.75 bits per heavy atom. The van der Waals surface area contributed by atoms with Crippen LogP contribution in [0.5, 0.6) is 0 Å². The average Bonchev–Trinajstić information content (AvgIpc) is 2.88. The van der Waals surface area contributed by atoms with Gasteiger partial charge < -0.3 is 0 Å². The minimum absolute atomic E-state index is 0.373. The summed E-state index contributed by atoms with van der Waals surface area (Å²) in [5.41, 5.74) is 0.298. The van der Waals surface area contributed by atoms with Gasteiger partial charge in [0.2, 0.25) is 0 Å². The molecule has 1 N–H and O–H groups in total. The molecule has 0 fully saturated rings. The molecule has 0 saturated carbocycles. The molecule has 5 heteroatoms. The van der Waals surface area contributed by atoms with Gasteiger partial charge in [0.25, 0.3) is 10.0 Å². The fourth-order valence-corrected chi connectivity index (χ4v) is 4.69. The van der Waals surface area contributed by atoms with E-state index in [-0.39, 0.29) is 0 Å². The van der Waals surface area contributed by atoms with Crippen LogP contribution in [0.4, 0.5) is 0 Å². The number of hydrogen-bond acceptors (Lipinski definition) is 3. The van der Waals surface area contributed by atoms with E-state index in [2.05, 4.69) is 4.72 Å². The number of benzene rings is 1. The van der Waals surface area contributed by atoms with E-state index in [1.54, 1.807) is 6.07 Å². The van der Waals surface area contributed by atoms with Crippen molar-refractivity contribution >= 4 is 21.4 Å². The van der Waals surface area contributed by atoms with Gasteiger partial charge >= 0.3 is 0 Å². The van der Waals surface area contributed by atoms with E-state index in [4.69, 9.17) is 0 Å². The third kappa shape index (κ3) is 3.29. The summed E-state index contributed by atoms with van der Waals surface area (Å²) in [6, 6.07) is 13.1. The molecular weight excluding hydrogens is 290 g/mol. The molecule has 0 saturated heterocycles. The van der Waals surface area contributed by atoms with Gasteiger partial charge in [-0.15, -0.1) is 11.3 Å². The Morgan fingerprint density at radius 3 is 2.30 bits per heavy atom. The van der Waals surface area contributed by atoms with E-state index in [0.29, 0.717) is 4.21 Å². The van der Waals surface area contributed by atoms with Crippen LogP contribution in [0, 0.1) is 0 Å². The number of sulfonamides is 1. The molecule has 20 heavy (non-hydrogen) atoms. The molecule has 108 valence electrons. The fraction of sp³-hybridized carbons (Fsp3) is 0.333. The molecule has 1 aromatic carbocycles. The zero-order valence-electron chi connectivity index (χ0n) is 11.9. The molecule has 0 amide bonds. The fourth-order valence-electron chi connectivity index (χ4n) is 1.99. The van der Waals surface area contributed by atoms with E-state index in [0.717, 1.165) is 16.9 Å². The Kier molecular flexibility index (Phi) is 4.32. The van der Waals surface area contributed by atoms with Gasteiger partial charge in [0.05, 0.1) is 5.54 Å². The van der Waals surface area contributed by atoms with Crippen molar-refractivity contribution < 1.29 is 8.42 Å². The van der Waals surface area contributed by atoms with Crippen molar-refractivity contribution in [1.29, 1.82) is 0 Å². The van der Waals surface area contributed by atoms with E-state index in [9.17, 15) is 8.42 Å². The summed E-state index contributed by atoms with van der Waals surface area (Å²) in [5.74, 6) is 0. The van der Waals surface area contributed by atoms with Gasteiger partial charge in [-0.3, -0.25) is 0 Å². The maximum atomic E-state index is 12.4. The summed E-state index contributed by atoms with van der Waals surface area (Å²) >= 11 is 1.33. The first-order valence-corrected chi connectivity index (χ1v) is 8.83. The maximum absolute atomic E-state index is 12.4. The first-order valence-electron chi connectivity index (χ1n) is 6.53. The van der Waals surface area contributed by atoms with Gasteiger partial charge in [-0.1, -0.05) is 37.3 Å². The van der Waals surface area contributed by atoms with Crippen LogP contribution in [0.2, 0.25) is 0 Å². The second kappa shape index (κ2) is 5.68. The smallest absolute Gasteiger partial charge is 0.206 e. The lowest BCUT2D eigenvalue weighted by Crippen LogP contribution is -2.40. The Morgan fingerprint density at radius 1 is 1.10 bits per heavy atom. The highest BCUT2D eigenvalue weighted by atomic mass is 32.2. The second-order valence-corrected chi connectivity index (χ2v) is 8.25. The van der Waals surface area contributed by atoms with Crippen molar-refractivity contribution in [3.05, 3.63) is 52.9 Å². The van der Waals surface area contributed by atoms with Crippen molar-refractivity contribution in [2.24, 2.45) is 0 Å². The topological polar surface area (TPSA) is 46.2 Å². The minimum Gasteiger partial charge on any atom is -0.206 e. The molecule has 0 aliphatic heterocycles. The molecular formula is C15H19NO2S2. The molecule has 0 radical (unpaired) electrons. The predicted octanol–water partition coefficient (Wildman–Crippen LogP) is 3.52. The van der Waals surface area contributed by atoms with Gasteiger partial charge in [-0.2, -0.15) is 0 Å². The molecule has 1 aromatic heterocycles. The van der Waals surface area contributed by atoms with Crippen LogP contribution in [0.1, 0.15) is 31.2 Å². The number of thiophene rings is 1. The quantitative estimate of drug-likeness (QED) is 0.918. The highest BCUT2D eigenvalue weighted by Crippen LogP contribution is 2.26. The SMILES string of the molecule is CCc1ccc(S(=O)(=O)NC(C)(C)c2ccccc2)s1. The lowest BCUT2D eigenvalue weighted by molar-refractivity contribution is 0.473. The number of aryl methyl sites for hydroxylation is 1. The lowest BCUT2D eigenvalue weighted by atomic mass is 9.96. The molecule has 3 nitrogen and oxygen atoms in total. The molecule has 0 spiro atoms. The van der Waals surface area contributed by atoms with Crippen LogP contribution in [-0.2, 0) is 22.0 Å². The highest BCUT2D eigenvalue weighted by Gasteiger charge is 2.28. The normalized spacial score (nSPS) is 12.6. The number of hydrogen-bond donors (Lipinski definition) is 1. The third-order valence-corrected chi connectivity index (χ3v) is 6.51. The van der Waals surface area contributed by atoms with Crippen LogP contribution in [-0.4, -0.2) is 8.42 Å². The zero-order chi connectivity index (χ0) is 14.8. The van der Waals surface area contributed by atoms with Crippen molar-refractivity contribution in [1.82, 2.24) is 4.72 Å².